The standard InChI is InChI=1S/C22H32N4O5S/c1-11(2)12(3)22(29)30-10-15-16(27)17(28)21(31-15)26-14(5)32-18-19(25-8-6-7-9-25)23-13(4)24-20(18)26/h11-12,15-17,21,27-28H,5-10H2,1-4H3/t12-,15+,16+,17+,21+/m0/s1. The number of anilines is 2. The van der Waals surface area contributed by atoms with Gasteiger partial charge in [0.05, 0.1) is 15.8 Å². The normalized spacial score (nSPS) is 28.5. The summed E-state index contributed by atoms with van der Waals surface area (Å²) in [5.41, 5.74) is 0. The fourth-order valence-electron chi connectivity index (χ4n) is 4.13. The first-order chi connectivity index (χ1) is 15.2. The van der Waals surface area contributed by atoms with Crippen LogP contribution in [0.4, 0.5) is 11.6 Å². The van der Waals surface area contributed by atoms with E-state index in [-0.39, 0.29) is 24.4 Å². The molecule has 0 bridgehead atoms. The molecule has 4 rings (SSSR count). The molecule has 9 nitrogen and oxygen atoms in total. The van der Waals surface area contributed by atoms with E-state index in [0.717, 1.165) is 36.6 Å². The van der Waals surface area contributed by atoms with Crippen LogP contribution in [-0.4, -0.2) is 70.4 Å². The average Bonchev–Trinajstić information content (AvgIpc) is 3.45. The van der Waals surface area contributed by atoms with E-state index in [1.54, 1.807) is 11.8 Å². The number of ether oxygens (including phenoxy) is 2. The molecule has 2 saturated heterocycles. The molecule has 3 aliphatic rings. The van der Waals surface area contributed by atoms with E-state index < -0.39 is 24.5 Å². The largest absolute Gasteiger partial charge is 0.463 e. The maximum atomic E-state index is 12.2. The van der Waals surface area contributed by atoms with E-state index in [0.29, 0.717) is 16.7 Å². The molecule has 0 amide bonds. The maximum absolute atomic E-state index is 12.2. The molecule has 0 aliphatic carbocycles. The molecule has 0 radical (unpaired) electrons. The third-order valence-electron chi connectivity index (χ3n) is 6.42. The Morgan fingerprint density at radius 3 is 2.53 bits per heavy atom. The van der Waals surface area contributed by atoms with Crippen LogP contribution in [0.15, 0.2) is 16.5 Å². The highest BCUT2D eigenvalue weighted by molar-refractivity contribution is 8.03. The van der Waals surface area contributed by atoms with Gasteiger partial charge in [0.2, 0.25) is 0 Å². The molecule has 4 heterocycles. The molecule has 32 heavy (non-hydrogen) atoms. The predicted octanol–water partition coefficient (Wildman–Crippen LogP) is 2.05. The van der Waals surface area contributed by atoms with Crippen LogP contribution in [0.1, 0.15) is 39.4 Å². The van der Waals surface area contributed by atoms with Crippen molar-refractivity contribution in [3.63, 3.8) is 0 Å². The lowest BCUT2D eigenvalue weighted by molar-refractivity contribution is -0.154. The number of thioether (sulfide) groups is 1. The topological polar surface area (TPSA) is 108 Å². The summed E-state index contributed by atoms with van der Waals surface area (Å²) in [5.74, 6) is 1.64. The third kappa shape index (κ3) is 4.21. The summed E-state index contributed by atoms with van der Waals surface area (Å²) < 4.78 is 11.4. The van der Waals surface area contributed by atoms with Crippen molar-refractivity contribution in [1.82, 2.24) is 9.97 Å². The van der Waals surface area contributed by atoms with E-state index in [9.17, 15) is 15.0 Å². The molecule has 0 unspecified atom stereocenters. The molecule has 1 aromatic rings. The van der Waals surface area contributed by atoms with Crippen LogP contribution in [0.5, 0.6) is 0 Å². The first-order valence-corrected chi connectivity index (χ1v) is 12.0. The summed E-state index contributed by atoms with van der Waals surface area (Å²) in [7, 11) is 0. The Hall–Kier alpha value is -1.88. The molecule has 0 aromatic carbocycles. The highest BCUT2D eigenvalue weighted by atomic mass is 32.2. The lowest BCUT2D eigenvalue weighted by atomic mass is 9.99. The van der Waals surface area contributed by atoms with Gasteiger partial charge in [-0.2, -0.15) is 0 Å². The molecule has 2 N–H and O–H groups in total. The number of hydrogen-bond acceptors (Lipinski definition) is 10. The van der Waals surface area contributed by atoms with Crippen LogP contribution < -0.4 is 9.80 Å². The van der Waals surface area contributed by atoms with Crippen molar-refractivity contribution in [2.24, 2.45) is 11.8 Å². The van der Waals surface area contributed by atoms with Gasteiger partial charge in [-0.15, -0.1) is 0 Å². The van der Waals surface area contributed by atoms with Crippen LogP contribution in [0.2, 0.25) is 0 Å². The van der Waals surface area contributed by atoms with Crippen molar-refractivity contribution >= 4 is 29.4 Å². The summed E-state index contributed by atoms with van der Waals surface area (Å²) >= 11 is 1.44. The van der Waals surface area contributed by atoms with Crippen LogP contribution in [0.25, 0.3) is 0 Å². The van der Waals surface area contributed by atoms with Gasteiger partial charge in [-0.1, -0.05) is 39.1 Å². The molecule has 3 aliphatic heterocycles. The Morgan fingerprint density at radius 2 is 1.88 bits per heavy atom. The number of rotatable bonds is 6. The first-order valence-electron chi connectivity index (χ1n) is 11.2. The summed E-state index contributed by atoms with van der Waals surface area (Å²) in [6, 6.07) is 0. The van der Waals surface area contributed by atoms with Gasteiger partial charge >= 0.3 is 5.97 Å². The Morgan fingerprint density at radius 1 is 1.22 bits per heavy atom. The van der Waals surface area contributed by atoms with E-state index in [4.69, 9.17) is 9.47 Å². The Labute approximate surface area is 192 Å². The third-order valence-corrected chi connectivity index (χ3v) is 7.42. The van der Waals surface area contributed by atoms with Gasteiger partial charge in [0.1, 0.15) is 36.6 Å². The summed E-state index contributed by atoms with van der Waals surface area (Å²) in [4.78, 5) is 26.3. The molecule has 0 saturated carbocycles. The summed E-state index contributed by atoms with van der Waals surface area (Å²) in [6.07, 6.45) is -1.90. The number of aliphatic hydroxyl groups is 2. The average molecular weight is 465 g/mol. The number of aliphatic hydroxyl groups excluding tert-OH is 2. The number of hydrogen-bond donors (Lipinski definition) is 2. The number of fused-ring (bicyclic) bond motifs is 1. The molecule has 176 valence electrons. The second-order valence-electron chi connectivity index (χ2n) is 9.02. The minimum absolute atomic E-state index is 0.132. The Bertz CT molecular complexity index is 891. The van der Waals surface area contributed by atoms with Crippen LogP contribution in [-0.2, 0) is 14.3 Å². The maximum Gasteiger partial charge on any atom is 0.309 e. The van der Waals surface area contributed by atoms with Crippen molar-refractivity contribution in [2.45, 2.75) is 70.0 Å². The predicted molar refractivity (Wildman–Crippen MR) is 121 cm³/mol. The van der Waals surface area contributed by atoms with Crippen LogP contribution in [0.3, 0.4) is 0 Å². The highest BCUT2D eigenvalue weighted by Crippen LogP contribution is 2.51. The molecule has 2 fully saturated rings. The van der Waals surface area contributed by atoms with E-state index in [1.165, 1.54) is 11.8 Å². The van der Waals surface area contributed by atoms with Crippen molar-refractivity contribution in [2.75, 3.05) is 29.5 Å². The SMILES string of the molecule is C=C1Sc2c(N3CCCC3)nc(C)nc2N1[C@@H]1O[C@H](COC(=O)[C@@H](C)C(C)C)[C@@H](O)[C@H]1O. The minimum atomic E-state index is -1.21. The quantitative estimate of drug-likeness (QED) is 0.607. The monoisotopic (exact) mass is 464 g/mol. The van der Waals surface area contributed by atoms with E-state index >= 15 is 0 Å². The van der Waals surface area contributed by atoms with Crippen LogP contribution in [0, 0.1) is 18.8 Å². The summed E-state index contributed by atoms with van der Waals surface area (Å²) in [6.45, 7) is 13.4. The zero-order valence-electron chi connectivity index (χ0n) is 19.0. The first kappa shape index (κ1) is 23.3. The number of aromatic nitrogens is 2. The fraction of sp³-hybridized carbons (Fsp3) is 0.682. The fourth-order valence-corrected chi connectivity index (χ4v) is 5.15. The summed E-state index contributed by atoms with van der Waals surface area (Å²) in [5, 5.41) is 22.0. The van der Waals surface area contributed by atoms with Gasteiger partial charge in [0.15, 0.2) is 12.0 Å². The number of carbonyl (C=O) groups excluding carboxylic acids is 1. The molecule has 1 aromatic heterocycles. The lowest BCUT2D eigenvalue weighted by Crippen LogP contribution is -2.42. The van der Waals surface area contributed by atoms with Crippen molar-refractivity contribution < 1.29 is 24.5 Å². The number of nitrogens with zero attached hydrogens (tertiary/aromatic N) is 4. The number of esters is 1. The van der Waals surface area contributed by atoms with Gasteiger partial charge in [-0.3, -0.25) is 9.69 Å². The molecular weight excluding hydrogens is 432 g/mol. The smallest absolute Gasteiger partial charge is 0.309 e. The van der Waals surface area contributed by atoms with Gasteiger partial charge in [0, 0.05) is 13.1 Å². The molecule has 0 spiro atoms. The zero-order valence-corrected chi connectivity index (χ0v) is 19.8. The van der Waals surface area contributed by atoms with Gasteiger partial charge < -0.3 is 24.6 Å². The second-order valence-corrected chi connectivity index (χ2v) is 10.1. The minimum Gasteiger partial charge on any atom is -0.463 e. The molecular formula is C22H32N4O5S. The molecule has 10 heteroatoms. The number of carbonyl (C=O) groups is 1. The van der Waals surface area contributed by atoms with Crippen molar-refractivity contribution in [1.29, 1.82) is 0 Å². The second kappa shape index (κ2) is 9.17. The van der Waals surface area contributed by atoms with E-state index in [1.807, 2.05) is 20.8 Å². The van der Waals surface area contributed by atoms with Crippen LogP contribution >= 0.6 is 11.8 Å². The Kier molecular flexibility index (Phi) is 6.67. The van der Waals surface area contributed by atoms with Gasteiger partial charge in [0.25, 0.3) is 0 Å². The zero-order chi connectivity index (χ0) is 23.2. The lowest BCUT2D eigenvalue weighted by Gasteiger charge is -2.28. The van der Waals surface area contributed by atoms with Crippen molar-refractivity contribution in [3.05, 3.63) is 17.4 Å². The van der Waals surface area contributed by atoms with Gasteiger partial charge in [-0.25, -0.2) is 9.97 Å². The Balaban J connectivity index is 1.53. The van der Waals surface area contributed by atoms with Gasteiger partial charge in [-0.05, 0) is 25.7 Å². The highest BCUT2D eigenvalue weighted by Gasteiger charge is 2.49. The number of aryl methyl sites for hydroxylation is 1. The van der Waals surface area contributed by atoms with E-state index in [2.05, 4.69) is 21.4 Å². The molecule has 5 atom stereocenters. The van der Waals surface area contributed by atoms with Crippen molar-refractivity contribution in [3.8, 4) is 0 Å².